The maximum atomic E-state index is 13.1. The first-order chi connectivity index (χ1) is 12.0. The minimum atomic E-state index is -0.519. The second kappa shape index (κ2) is 7.80. The Morgan fingerprint density at radius 1 is 1.16 bits per heavy atom. The van der Waals surface area contributed by atoms with Gasteiger partial charge in [0.1, 0.15) is 5.82 Å². The van der Waals surface area contributed by atoms with E-state index < -0.39 is 11.7 Å². The van der Waals surface area contributed by atoms with Gasteiger partial charge >= 0.3 is 0 Å². The molecular formula is C18H16ClFN2O2S. The van der Waals surface area contributed by atoms with E-state index >= 15 is 0 Å². The van der Waals surface area contributed by atoms with Gasteiger partial charge in [-0.05, 0) is 61.1 Å². The van der Waals surface area contributed by atoms with Crippen molar-refractivity contribution in [3.8, 4) is 0 Å². The van der Waals surface area contributed by atoms with Crippen LogP contribution >= 0.6 is 22.9 Å². The SMILES string of the molecule is O=C(/C=C/c1ccc(F)c(Cl)c1)NNC(=O)c1cc2c(s1)CCCC2. The number of hydrogen-bond acceptors (Lipinski definition) is 3. The van der Waals surface area contributed by atoms with Gasteiger partial charge in [0, 0.05) is 11.0 Å². The highest BCUT2D eigenvalue weighted by atomic mass is 35.5. The molecule has 0 saturated carbocycles. The van der Waals surface area contributed by atoms with Crippen LogP contribution in [-0.2, 0) is 17.6 Å². The van der Waals surface area contributed by atoms with Crippen LogP contribution in [0.3, 0.4) is 0 Å². The number of carbonyl (C=O) groups excluding carboxylic acids is 2. The Morgan fingerprint density at radius 3 is 2.72 bits per heavy atom. The average Bonchev–Trinajstić information content (AvgIpc) is 3.05. The lowest BCUT2D eigenvalue weighted by Gasteiger charge is -2.08. The van der Waals surface area contributed by atoms with Crippen molar-refractivity contribution in [1.82, 2.24) is 10.9 Å². The Kier molecular flexibility index (Phi) is 5.50. The lowest BCUT2D eigenvalue weighted by molar-refractivity contribution is -0.117. The molecular weight excluding hydrogens is 363 g/mol. The van der Waals surface area contributed by atoms with E-state index in [0.717, 1.165) is 25.7 Å². The number of rotatable bonds is 3. The molecule has 1 aromatic carbocycles. The number of hydrogen-bond donors (Lipinski definition) is 2. The predicted octanol–water partition coefficient (Wildman–Crippen LogP) is 3.89. The summed E-state index contributed by atoms with van der Waals surface area (Å²) >= 11 is 7.15. The maximum absolute atomic E-state index is 13.1. The Hall–Kier alpha value is -2.18. The molecule has 4 nitrogen and oxygen atoms in total. The van der Waals surface area contributed by atoms with Gasteiger partial charge in [0.15, 0.2) is 0 Å². The molecule has 0 radical (unpaired) electrons. The fraction of sp³-hybridized carbons (Fsp3) is 0.222. The van der Waals surface area contributed by atoms with Gasteiger partial charge in [-0.15, -0.1) is 11.3 Å². The molecule has 1 aliphatic carbocycles. The molecule has 1 aliphatic rings. The van der Waals surface area contributed by atoms with E-state index in [-0.39, 0.29) is 10.9 Å². The molecule has 25 heavy (non-hydrogen) atoms. The highest BCUT2D eigenvalue weighted by molar-refractivity contribution is 7.14. The topological polar surface area (TPSA) is 58.2 Å². The van der Waals surface area contributed by atoms with Crippen LogP contribution in [-0.4, -0.2) is 11.8 Å². The number of hydrazine groups is 1. The van der Waals surface area contributed by atoms with Gasteiger partial charge in [-0.2, -0.15) is 0 Å². The average molecular weight is 379 g/mol. The number of amides is 2. The first-order valence-corrected chi connectivity index (χ1v) is 9.07. The van der Waals surface area contributed by atoms with Gasteiger partial charge in [0.2, 0.25) is 0 Å². The summed E-state index contributed by atoms with van der Waals surface area (Å²) in [5, 5.41) is -0.0162. The Balaban J connectivity index is 1.54. The molecule has 0 bridgehead atoms. The van der Waals surface area contributed by atoms with Crippen molar-refractivity contribution in [2.24, 2.45) is 0 Å². The van der Waals surface area contributed by atoms with Gasteiger partial charge in [-0.25, -0.2) is 4.39 Å². The third kappa shape index (κ3) is 4.46. The van der Waals surface area contributed by atoms with Gasteiger partial charge in [0.05, 0.1) is 9.90 Å². The summed E-state index contributed by atoms with van der Waals surface area (Å²) in [4.78, 5) is 25.8. The van der Waals surface area contributed by atoms with Crippen molar-refractivity contribution in [2.75, 3.05) is 0 Å². The van der Waals surface area contributed by atoms with Crippen LogP contribution in [0.4, 0.5) is 4.39 Å². The molecule has 1 heterocycles. The predicted molar refractivity (Wildman–Crippen MR) is 97.0 cm³/mol. The summed E-state index contributed by atoms with van der Waals surface area (Å²) in [6.07, 6.45) is 7.06. The quantitative estimate of drug-likeness (QED) is 0.628. The Labute approximate surface area is 153 Å². The number of thiophene rings is 1. The molecule has 0 unspecified atom stereocenters. The molecule has 130 valence electrons. The Morgan fingerprint density at radius 2 is 1.96 bits per heavy atom. The third-order valence-electron chi connectivity index (χ3n) is 3.89. The second-order valence-corrected chi connectivity index (χ2v) is 7.26. The second-order valence-electron chi connectivity index (χ2n) is 5.72. The standard InChI is InChI=1S/C18H16ClFN2O2S/c19-13-9-11(5-7-14(13)20)6-8-17(23)21-22-18(24)16-10-12-3-1-2-4-15(12)25-16/h5-10H,1-4H2,(H,21,23)(H,22,24)/b8-6+. The number of fused-ring (bicyclic) bond motifs is 1. The van der Waals surface area contributed by atoms with Crippen molar-refractivity contribution in [2.45, 2.75) is 25.7 Å². The summed E-state index contributed by atoms with van der Waals surface area (Å²) in [5.41, 5.74) is 6.55. The van der Waals surface area contributed by atoms with Crippen LogP contribution in [0, 0.1) is 5.82 Å². The smallest absolute Gasteiger partial charge is 0.268 e. The van der Waals surface area contributed by atoms with Crippen molar-refractivity contribution < 1.29 is 14.0 Å². The van der Waals surface area contributed by atoms with E-state index in [1.54, 1.807) is 0 Å². The van der Waals surface area contributed by atoms with E-state index in [0.29, 0.717) is 10.4 Å². The molecule has 3 rings (SSSR count). The number of carbonyl (C=O) groups is 2. The fourth-order valence-electron chi connectivity index (χ4n) is 2.61. The lowest BCUT2D eigenvalue weighted by atomic mass is 9.99. The monoisotopic (exact) mass is 378 g/mol. The zero-order valence-electron chi connectivity index (χ0n) is 13.3. The maximum Gasteiger partial charge on any atom is 0.279 e. The summed E-state index contributed by atoms with van der Waals surface area (Å²) in [6, 6.07) is 6.03. The normalized spacial score (nSPS) is 13.5. The molecule has 0 fully saturated rings. The fourth-order valence-corrected chi connectivity index (χ4v) is 3.95. The van der Waals surface area contributed by atoms with Gasteiger partial charge < -0.3 is 0 Å². The molecule has 7 heteroatoms. The van der Waals surface area contributed by atoms with Crippen LogP contribution in [0.1, 0.15) is 38.5 Å². The largest absolute Gasteiger partial charge is 0.279 e. The van der Waals surface area contributed by atoms with Crippen molar-refractivity contribution in [3.63, 3.8) is 0 Å². The van der Waals surface area contributed by atoms with E-state index in [1.807, 2.05) is 6.07 Å². The van der Waals surface area contributed by atoms with Crippen molar-refractivity contribution in [3.05, 3.63) is 62.1 Å². The molecule has 0 atom stereocenters. The van der Waals surface area contributed by atoms with E-state index in [1.165, 1.54) is 52.1 Å². The summed E-state index contributed by atoms with van der Waals surface area (Å²) in [5.74, 6) is -1.34. The first kappa shape index (κ1) is 17.6. The van der Waals surface area contributed by atoms with E-state index in [4.69, 9.17) is 11.6 Å². The van der Waals surface area contributed by atoms with Crippen molar-refractivity contribution in [1.29, 1.82) is 0 Å². The minimum Gasteiger partial charge on any atom is -0.268 e. The zero-order chi connectivity index (χ0) is 17.8. The van der Waals surface area contributed by atoms with Crippen molar-refractivity contribution >= 4 is 40.8 Å². The number of halogens is 2. The number of nitrogens with one attached hydrogen (secondary N) is 2. The van der Waals surface area contributed by atoms with Crippen LogP contribution < -0.4 is 10.9 Å². The third-order valence-corrected chi connectivity index (χ3v) is 5.42. The number of benzene rings is 1. The molecule has 2 aromatic rings. The van der Waals surface area contributed by atoms with Crippen LogP contribution in [0.5, 0.6) is 0 Å². The van der Waals surface area contributed by atoms with Crippen LogP contribution in [0.2, 0.25) is 5.02 Å². The Bertz CT molecular complexity index is 824. The van der Waals surface area contributed by atoms with Crippen LogP contribution in [0.15, 0.2) is 30.3 Å². The summed E-state index contributed by atoms with van der Waals surface area (Å²) in [6.45, 7) is 0. The highest BCUT2D eigenvalue weighted by Crippen LogP contribution is 2.29. The molecule has 0 aliphatic heterocycles. The van der Waals surface area contributed by atoms with Gasteiger partial charge in [-0.1, -0.05) is 17.7 Å². The van der Waals surface area contributed by atoms with E-state index in [2.05, 4.69) is 10.9 Å². The van der Waals surface area contributed by atoms with E-state index in [9.17, 15) is 14.0 Å². The zero-order valence-corrected chi connectivity index (χ0v) is 14.8. The minimum absolute atomic E-state index is 0.0162. The van der Waals surface area contributed by atoms with Gasteiger partial charge in [-0.3, -0.25) is 20.4 Å². The summed E-state index contributed by atoms with van der Waals surface area (Å²) in [7, 11) is 0. The summed E-state index contributed by atoms with van der Waals surface area (Å²) < 4.78 is 13.1. The molecule has 2 N–H and O–H groups in total. The molecule has 1 aromatic heterocycles. The molecule has 2 amide bonds. The van der Waals surface area contributed by atoms with Crippen LogP contribution in [0.25, 0.3) is 6.08 Å². The number of aryl methyl sites for hydroxylation is 2. The lowest BCUT2D eigenvalue weighted by Crippen LogP contribution is -2.40. The highest BCUT2D eigenvalue weighted by Gasteiger charge is 2.17. The van der Waals surface area contributed by atoms with Gasteiger partial charge in [0.25, 0.3) is 11.8 Å². The molecule has 0 saturated heterocycles. The first-order valence-electron chi connectivity index (χ1n) is 7.88. The molecule has 0 spiro atoms.